The van der Waals surface area contributed by atoms with Gasteiger partial charge in [-0.2, -0.15) is 5.26 Å². The van der Waals surface area contributed by atoms with Gasteiger partial charge in [0.1, 0.15) is 5.54 Å². The zero-order valence-electron chi connectivity index (χ0n) is 9.78. The minimum Gasteiger partial charge on any atom is -0.312 e. The van der Waals surface area contributed by atoms with E-state index in [1.165, 1.54) is 11.8 Å². The fourth-order valence-corrected chi connectivity index (χ4v) is 3.00. The van der Waals surface area contributed by atoms with E-state index in [2.05, 4.69) is 16.3 Å². The number of thioether (sulfide) groups is 1. The van der Waals surface area contributed by atoms with Gasteiger partial charge in [-0.05, 0) is 30.9 Å². The lowest BCUT2D eigenvalue weighted by molar-refractivity contribution is 0.532. The van der Waals surface area contributed by atoms with E-state index in [-0.39, 0.29) is 0 Å². The molecule has 0 aromatic carbocycles. The number of fused-ring (bicyclic) bond motifs is 1. The number of hydrogen-bond acceptors (Lipinski definition) is 5. The van der Waals surface area contributed by atoms with E-state index in [4.69, 9.17) is 5.73 Å². The summed E-state index contributed by atoms with van der Waals surface area (Å²) in [6, 6.07) is 8.00. The monoisotopic (exact) mass is 259 g/mol. The molecule has 0 amide bonds. The first-order chi connectivity index (χ1) is 8.73. The molecule has 0 radical (unpaired) electrons. The van der Waals surface area contributed by atoms with Crippen LogP contribution in [0.15, 0.2) is 29.6 Å². The molecule has 18 heavy (non-hydrogen) atoms. The van der Waals surface area contributed by atoms with E-state index in [9.17, 15) is 5.26 Å². The molecule has 0 bridgehead atoms. The third-order valence-corrected chi connectivity index (χ3v) is 4.40. The average molecular weight is 259 g/mol. The second kappa shape index (κ2) is 4.26. The van der Waals surface area contributed by atoms with Crippen molar-refractivity contribution < 1.29 is 0 Å². The van der Waals surface area contributed by atoms with Crippen LogP contribution < -0.4 is 5.73 Å². The molecule has 2 heterocycles. The Kier molecular flexibility index (Phi) is 2.73. The summed E-state index contributed by atoms with van der Waals surface area (Å²) >= 11 is 1.50. The van der Waals surface area contributed by atoms with Gasteiger partial charge in [0.15, 0.2) is 10.8 Å². The van der Waals surface area contributed by atoms with Crippen LogP contribution in [-0.4, -0.2) is 25.9 Å². The third kappa shape index (κ3) is 1.96. The van der Waals surface area contributed by atoms with Gasteiger partial charge in [-0.1, -0.05) is 17.8 Å². The molecule has 92 valence electrons. The van der Waals surface area contributed by atoms with Gasteiger partial charge >= 0.3 is 0 Å². The first-order valence-electron chi connectivity index (χ1n) is 5.86. The van der Waals surface area contributed by atoms with Crippen LogP contribution >= 0.6 is 11.8 Å². The lowest BCUT2D eigenvalue weighted by atomic mass is 10.00. The summed E-state index contributed by atoms with van der Waals surface area (Å²) in [4.78, 5) is 0. The standard InChI is InChI=1S/C12H13N5S/c13-7-12(14,9-4-5-9)8-18-11-16-15-10-3-1-2-6-17(10)11/h1-3,6,9H,4-5,8,14H2. The summed E-state index contributed by atoms with van der Waals surface area (Å²) in [5, 5.41) is 18.2. The molecule has 1 aliphatic carbocycles. The molecule has 0 spiro atoms. The lowest BCUT2D eigenvalue weighted by Crippen LogP contribution is -2.43. The van der Waals surface area contributed by atoms with E-state index in [0.717, 1.165) is 23.6 Å². The minimum absolute atomic E-state index is 0.342. The second-order valence-corrected chi connectivity index (χ2v) is 5.57. The first-order valence-corrected chi connectivity index (χ1v) is 6.84. The predicted molar refractivity (Wildman–Crippen MR) is 69.0 cm³/mol. The maximum Gasteiger partial charge on any atom is 0.195 e. The number of nitrogens with two attached hydrogens (primary N) is 1. The number of rotatable bonds is 4. The summed E-state index contributed by atoms with van der Waals surface area (Å²) < 4.78 is 1.91. The van der Waals surface area contributed by atoms with Crippen LogP contribution in [0.5, 0.6) is 0 Å². The van der Waals surface area contributed by atoms with Gasteiger partial charge in [-0.25, -0.2) is 0 Å². The molecule has 6 heteroatoms. The van der Waals surface area contributed by atoms with E-state index in [1.807, 2.05) is 28.8 Å². The van der Waals surface area contributed by atoms with E-state index in [1.54, 1.807) is 0 Å². The molecule has 1 unspecified atom stereocenters. The van der Waals surface area contributed by atoms with Crippen LogP contribution in [0.4, 0.5) is 0 Å². The molecule has 1 saturated carbocycles. The van der Waals surface area contributed by atoms with Crippen molar-refractivity contribution in [1.29, 1.82) is 5.26 Å². The smallest absolute Gasteiger partial charge is 0.195 e. The Balaban J connectivity index is 1.79. The summed E-state index contributed by atoms with van der Waals surface area (Å²) in [7, 11) is 0. The molecular formula is C12H13N5S. The number of nitriles is 1. The lowest BCUT2D eigenvalue weighted by Gasteiger charge is -2.19. The van der Waals surface area contributed by atoms with Gasteiger partial charge in [-0.3, -0.25) is 4.40 Å². The van der Waals surface area contributed by atoms with E-state index in [0.29, 0.717) is 11.7 Å². The van der Waals surface area contributed by atoms with E-state index < -0.39 is 5.54 Å². The Bertz CT molecular complexity index is 612. The number of hydrogen-bond donors (Lipinski definition) is 1. The van der Waals surface area contributed by atoms with Crippen LogP contribution in [0.2, 0.25) is 0 Å². The van der Waals surface area contributed by atoms with Gasteiger partial charge in [0, 0.05) is 11.9 Å². The zero-order valence-corrected chi connectivity index (χ0v) is 10.6. The summed E-state index contributed by atoms with van der Waals surface area (Å²) in [6.45, 7) is 0. The number of nitrogens with zero attached hydrogens (tertiary/aromatic N) is 4. The highest BCUT2D eigenvalue weighted by atomic mass is 32.2. The quantitative estimate of drug-likeness (QED) is 0.841. The first kappa shape index (κ1) is 11.5. The van der Waals surface area contributed by atoms with Crippen molar-refractivity contribution in [3.8, 4) is 6.07 Å². The molecule has 3 rings (SSSR count). The highest BCUT2D eigenvalue weighted by Crippen LogP contribution is 2.40. The predicted octanol–water partition coefficient (Wildman–Crippen LogP) is 1.45. The molecule has 0 saturated heterocycles. The zero-order chi connectivity index (χ0) is 12.6. The van der Waals surface area contributed by atoms with Crippen molar-refractivity contribution in [2.24, 2.45) is 11.7 Å². The fourth-order valence-electron chi connectivity index (χ4n) is 1.94. The molecule has 1 aliphatic rings. The van der Waals surface area contributed by atoms with Crippen molar-refractivity contribution in [2.45, 2.75) is 23.5 Å². The molecule has 1 atom stereocenters. The maximum absolute atomic E-state index is 9.21. The van der Waals surface area contributed by atoms with Crippen molar-refractivity contribution >= 4 is 17.4 Å². The Hall–Kier alpha value is -1.58. The highest BCUT2D eigenvalue weighted by molar-refractivity contribution is 7.99. The van der Waals surface area contributed by atoms with Crippen molar-refractivity contribution in [2.75, 3.05) is 5.75 Å². The number of pyridine rings is 1. The maximum atomic E-state index is 9.21. The van der Waals surface area contributed by atoms with Gasteiger partial charge < -0.3 is 5.73 Å². The highest BCUT2D eigenvalue weighted by Gasteiger charge is 2.42. The molecule has 2 N–H and O–H groups in total. The van der Waals surface area contributed by atoms with Crippen molar-refractivity contribution in [3.05, 3.63) is 24.4 Å². The number of aromatic nitrogens is 3. The molecule has 1 fully saturated rings. The molecular weight excluding hydrogens is 246 g/mol. The van der Waals surface area contributed by atoms with Gasteiger partial charge in [0.05, 0.1) is 6.07 Å². The molecule has 0 aliphatic heterocycles. The summed E-state index contributed by atoms with van der Waals surface area (Å²) in [5.41, 5.74) is 6.20. The minimum atomic E-state index is -0.731. The normalized spacial score (nSPS) is 18.4. The Labute approximate surface area is 109 Å². The van der Waals surface area contributed by atoms with Crippen LogP contribution in [-0.2, 0) is 0 Å². The van der Waals surface area contributed by atoms with Gasteiger partial charge in [-0.15, -0.1) is 10.2 Å². The SMILES string of the molecule is N#CC(N)(CSc1nnc2ccccn12)C1CC1. The molecule has 5 nitrogen and oxygen atoms in total. The average Bonchev–Trinajstić information content (AvgIpc) is 3.18. The Morgan fingerprint density at radius 3 is 3.06 bits per heavy atom. The summed E-state index contributed by atoms with van der Waals surface area (Å²) in [5.74, 6) is 0.901. The topological polar surface area (TPSA) is 80.0 Å². The third-order valence-electron chi connectivity index (χ3n) is 3.24. The van der Waals surface area contributed by atoms with Crippen LogP contribution in [0.1, 0.15) is 12.8 Å². The second-order valence-electron chi connectivity index (χ2n) is 4.63. The molecule has 2 aromatic rings. The van der Waals surface area contributed by atoms with Crippen LogP contribution in [0, 0.1) is 17.2 Å². The van der Waals surface area contributed by atoms with Crippen molar-refractivity contribution in [1.82, 2.24) is 14.6 Å². The van der Waals surface area contributed by atoms with Gasteiger partial charge in [0.2, 0.25) is 0 Å². The van der Waals surface area contributed by atoms with Crippen LogP contribution in [0.25, 0.3) is 5.65 Å². The Morgan fingerprint density at radius 2 is 2.33 bits per heavy atom. The van der Waals surface area contributed by atoms with Crippen molar-refractivity contribution in [3.63, 3.8) is 0 Å². The van der Waals surface area contributed by atoms with Crippen LogP contribution in [0.3, 0.4) is 0 Å². The Morgan fingerprint density at radius 1 is 1.50 bits per heavy atom. The largest absolute Gasteiger partial charge is 0.312 e. The fraction of sp³-hybridized carbons (Fsp3) is 0.417. The van der Waals surface area contributed by atoms with Gasteiger partial charge in [0.25, 0.3) is 0 Å². The van der Waals surface area contributed by atoms with E-state index >= 15 is 0 Å². The molecule has 2 aromatic heterocycles. The summed E-state index contributed by atoms with van der Waals surface area (Å²) in [6.07, 6.45) is 4.04.